The lowest BCUT2D eigenvalue weighted by Gasteiger charge is -2.10. The van der Waals surface area contributed by atoms with Gasteiger partial charge in [0.15, 0.2) is 5.69 Å². The number of hydrogen-bond donors (Lipinski definition) is 1. The number of pyridine rings is 1. The van der Waals surface area contributed by atoms with Gasteiger partial charge in [0.05, 0.1) is 5.56 Å². The van der Waals surface area contributed by atoms with Gasteiger partial charge in [-0.05, 0) is 18.6 Å². The molecule has 0 amide bonds. The lowest BCUT2D eigenvalue weighted by atomic mass is 10.1. The van der Waals surface area contributed by atoms with E-state index in [0.717, 1.165) is 6.07 Å². The summed E-state index contributed by atoms with van der Waals surface area (Å²) in [5.41, 5.74) is -1.89. The maximum absolute atomic E-state index is 12.5. The topological polar surface area (TPSA) is 50.2 Å². The predicted octanol–water partition coefficient (Wildman–Crippen LogP) is 2.75. The number of carbonyl (C=O) groups is 1. The highest BCUT2D eigenvalue weighted by atomic mass is 19.4. The van der Waals surface area contributed by atoms with Crippen molar-refractivity contribution in [2.24, 2.45) is 0 Å². The number of carboxylic acid groups (broad SMARTS) is 1. The van der Waals surface area contributed by atoms with Crippen LogP contribution in [-0.2, 0) is 12.6 Å². The molecule has 6 heteroatoms. The van der Waals surface area contributed by atoms with E-state index in [1.54, 1.807) is 6.92 Å². The number of nitrogens with zero attached hydrogens (tertiary/aromatic N) is 1. The highest BCUT2D eigenvalue weighted by molar-refractivity contribution is 5.89. The first-order chi connectivity index (χ1) is 7.36. The van der Waals surface area contributed by atoms with Gasteiger partial charge in [-0.2, -0.15) is 13.2 Å². The number of aromatic nitrogens is 1. The molecule has 0 bridgehead atoms. The highest BCUT2D eigenvalue weighted by Gasteiger charge is 2.37. The minimum absolute atomic E-state index is 0.250. The molecule has 1 aromatic rings. The number of alkyl halides is 3. The van der Waals surface area contributed by atoms with Crippen LogP contribution >= 0.6 is 0 Å². The van der Waals surface area contributed by atoms with E-state index < -0.39 is 23.4 Å². The van der Waals surface area contributed by atoms with Crippen molar-refractivity contribution in [1.82, 2.24) is 4.98 Å². The monoisotopic (exact) mass is 233 g/mol. The lowest BCUT2D eigenvalue weighted by Crippen LogP contribution is -2.16. The van der Waals surface area contributed by atoms with E-state index in [4.69, 9.17) is 5.11 Å². The van der Waals surface area contributed by atoms with Crippen molar-refractivity contribution in [1.29, 1.82) is 0 Å². The second-order valence-electron chi connectivity index (χ2n) is 3.25. The van der Waals surface area contributed by atoms with Crippen molar-refractivity contribution in [3.63, 3.8) is 0 Å². The third-order valence-corrected chi connectivity index (χ3v) is 1.96. The number of aryl methyl sites for hydroxylation is 1. The first kappa shape index (κ1) is 12.5. The minimum atomic E-state index is -4.74. The zero-order valence-corrected chi connectivity index (χ0v) is 8.51. The average Bonchev–Trinajstić information content (AvgIpc) is 2.16. The molecule has 0 radical (unpaired) electrons. The predicted molar refractivity (Wildman–Crippen MR) is 50.2 cm³/mol. The van der Waals surface area contributed by atoms with Gasteiger partial charge in [-0.3, -0.25) is 0 Å². The highest BCUT2D eigenvalue weighted by Crippen LogP contribution is 2.30. The molecule has 1 rings (SSSR count). The van der Waals surface area contributed by atoms with Gasteiger partial charge < -0.3 is 5.11 Å². The van der Waals surface area contributed by atoms with E-state index >= 15 is 0 Å². The molecule has 16 heavy (non-hydrogen) atoms. The van der Waals surface area contributed by atoms with Gasteiger partial charge in [-0.25, -0.2) is 9.78 Å². The zero-order valence-electron chi connectivity index (χ0n) is 8.51. The van der Waals surface area contributed by atoms with Gasteiger partial charge in [0.25, 0.3) is 0 Å². The summed E-state index contributed by atoms with van der Waals surface area (Å²) < 4.78 is 37.5. The molecule has 1 heterocycles. The first-order valence-electron chi connectivity index (χ1n) is 4.66. The average molecular weight is 233 g/mol. The van der Waals surface area contributed by atoms with Crippen LogP contribution in [0.2, 0.25) is 0 Å². The van der Waals surface area contributed by atoms with Crippen LogP contribution in [0.3, 0.4) is 0 Å². The summed E-state index contributed by atoms with van der Waals surface area (Å²) in [5, 5.41) is 8.61. The number of rotatable bonds is 3. The Balaban J connectivity index is 3.27. The molecule has 88 valence electrons. The van der Waals surface area contributed by atoms with Crippen LogP contribution in [0, 0.1) is 0 Å². The van der Waals surface area contributed by atoms with Crippen LogP contribution in [0.15, 0.2) is 12.1 Å². The fourth-order valence-corrected chi connectivity index (χ4v) is 1.28. The maximum Gasteiger partial charge on any atom is 0.434 e. The molecular formula is C10H10F3NO2. The largest absolute Gasteiger partial charge is 0.478 e. The molecule has 0 unspecified atom stereocenters. The van der Waals surface area contributed by atoms with Crippen LogP contribution in [0.5, 0.6) is 0 Å². The summed E-state index contributed by atoms with van der Waals surface area (Å²) in [6.07, 6.45) is -3.70. The third-order valence-electron chi connectivity index (χ3n) is 1.96. The van der Waals surface area contributed by atoms with Crippen LogP contribution in [0.1, 0.15) is 35.1 Å². The Morgan fingerprint density at radius 1 is 1.44 bits per heavy atom. The normalized spacial score (nSPS) is 11.5. The fraction of sp³-hybridized carbons (Fsp3) is 0.400. The van der Waals surface area contributed by atoms with Crippen molar-refractivity contribution < 1.29 is 23.1 Å². The summed E-state index contributed by atoms with van der Waals surface area (Å²) in [7, 11) is 0. The van der Waals surface area contributed by atoms with Crippen LogP contribution in [0.4, 0.5) is 13.2 Å². The Labute approximate surface area is 89.9 Å². The molecule has 0 aromatic carbocycles. The van der Waals surface area contributed by atoms with E-state index in [1.165, 1.54) is 6.07 Å². The molecule has 1 N–H and O–H groups in total. The molecule has 0 aliphatic carbocycles. The van der Waals surface area contributed by atoms with E-state index in [0.29, 0.717) is 12.8 Å². The van der Waals surface area contributed by atoms with Crippen molar-refractivity contribution in [3.05, 3.63) is 29.1 Å². The summed E-state index contributed by atoms with van der Waals surface area (Å²) in [6, 6.07) is 2.26. The first-order valence-corrected chi connectivity index (χ1v) is 4.66. The SMILES string of the molecule is CCCc1ccc(C(=O)O)c(C(F)(F)F)n1. The smallest absolute Gasteiger partial charge is 0.434 e. The van der Waals surface area contributed by atoms with Gasteiger partial charge >= 0.3 is 12.1 Å². The van der Waals surface area contributed by atoms with Crippen molar-refractivity contribution in [3.8, 4) is 0 Å². The molecule has 0 atom stereocenters. The van der Waals surface area contributed by atoms with E-state index in [1.807, 2.05) is 0 Å². The quantitative estimate of drug-likeness (QED) is 0.873. The van der Waals surface area contributed by atoms with Crippen LogP contribution in [-0.4, -0.2) is 16.1 Å². The van der Waals surface area contributed by atoms with Gasteiger partial charge in [0.2, 0.25) is 0 Å². The van der Waals surface area contributed by atoms with Gasteiger partial charge in [-0.15, -0.1) is 0 Å². The number of carboxylic acids is 1. The Morgan fingerprint density at radius 3 is 2.50 bits per heavy atom. The molecular weight excluding hydrogens is 223 g/mol. The van der Waals surface area contributed by atoms with Gasteiger partial charge in [0, 0.05) is 5.69 Å². The van der Waals surface area contributed by atoms with Crippen molar-refractivity contribution in [2.45, 2.75) is 25.9 Å². The third kappa shape index (κ3) is 2.71. The molecule has 3 nitrogen and oxygen atoms in total. The van der Waals surface area contributed by atoms with Crippen molar-refractivity contribution in [2.75, 3.05) is 0 Å². The zero-order chi connectivity index (χ0) is 12.3. The second kappa shape index (κ2) is 4.51. The lowest BCUT2D eigenvalue weighted by molar-refractivity contribution is -0.141. The summed E-state index contributed by atoms with van der Waals surface area (Å²) in [4.78, 5) is 13.9. The Hall–Kier alpha value is -1.59. The Kier molecular flexibility index (Phi) is 3.51. The molecule has 1 aromatic heterocycles. The molecule has 0 aliphatic heterocycles. The molecule has 0 aliphatic rings. The van der Waals surface area contributed by atoms with E-state index in [2.05, 4.69) is 4.98 Å². The summed E-state index contributed by atoms with van der Waals surface area (Å²) in [5.74, 6) is -1.62. The molecule has 0 saturated heterocycles. The Bertz CT molecular complexity index is 402. The van der Waals surface area contributed by atoms with Crippen LogP contribution < -0.4 is 0 Å². The number of aromatic carboxylic acids is 1. The summed E-state index contributed by atoms with van der Waals surface area (Å²) >= 11 is 0. The Morgan fingerprint density at radius 2 is 2.06 bits per heavy atom. The standard InChI is InChI=1S/C10H10F3NO2/c1-2-3-6-4-5-7(9(15)16)8(14-6)10(11,12)13/h4-5H,2-3H2,1H3,(H,15,16). The number of halogens is 3. The molecule has 0 fully saturated rings. The van der Waals surface area contributed by atoms with Crippen molar-refractivity contribution >= 4 is 5.97 Å². The van der Waals surface area contributed by atoms with E-state index in [-0.39, 0.29) is 5.69 Å². The summed E-state index contributed by atoms with van der Waals surface area (Å²) in [6.45, 7) is 1.81. The number of hydrogen-bond acceptors (Lipinski definition) is 2. The van der Waals surface area contributed by atoms with Crippen LogP contribution in [0.25, 0.3) is 0 Å². The molecule has 0 saturated carbocycles. The second-order valence-corrected chi connectivity index (χ2v) is 3.25. The molecule has 0 spiro atoms. The van der Waals surface area contributed by atoms with E-state index in [9.17, 15) is 18.0 Å². The fourth-order valence-electron chi connectivity index (χ4n) is 1.28. The van der Waals surface area contributed by atoms with Gasteiger partial charge in [0.1, 0.15) is 0 Å². The van der Waals surface area contributed by atoms with Gasteiger partial charge in [-0.1, -0.05) is 13.3 Å². The minimum Gasteiger partial charge on any atom is -0.478 e. The maximum atomic E-state index is 12.5.